The second-order valence-electron chi connectivity index (χ2n) is 5.11. The van der Waals surface area contributed by atoms with E-state index in [0.717, 1.165) is 28.0 Å². The molecule has 20 heavy (non-hydrogen) atoms. The van der Waals surface area contributed by atoms with Crippen LogP contribution in [0.3, 0.4) is 0 Å². The lowest BCUT2D eigenvalue weighted by atomic mass is 10.1. The van der Waals surface area contributed by atoms with Crippen molar-refractivity contribution in [2.45, 2.75) is 33.4 Å². The molecule has 0 aliphatic heterocycles. The van der Waals surface area contributed by atoms with Gasteiger partial charge in [0.1, 0.15) is 5.75 Å². The topological polar surface area (TPSA) is 21.3 Å². The van der Waals surface area contributed by atoms with Gasteiger partial charge in [-0.15, -0.1) is 0 Å². The van der Waals surface area contributed by atoms with Gasteiger partial charge in [0, 0.05) is 22.3 Å². The molecule has 2 nitrogen and oxygen atoms in total. The Morgan fingerprint density at radius 2 is 1.90 bits per heavy atom. The fourth-order valence-electron chi connectivity index (χ4n) is 1.98. The smallest absolute Gasteiger partial charge is 0.124 e. The molecule has 0 saturated heterocycles. The molecular formula is C17H20BrNO. The number of hydrogen-bond donors (Lipinski definition) is 1. The number of aryl methyl sites for hydroxylation is 1. The van der Waals surface area contributed by atoms with Crippen molar-refractivity contribution in [3.8, 4) is 5.75 Å². The first kappa shape index (κ1) is 14.9. The van der Waals surface area contributed by atoms with Gasteiger partial charge in [0.25, 0.3) is 0 Å². The molecule has 106 valence electrons. The molecule has 0 fully saturated rings. The van der Waals surface area contributed by atoms with E-state index in [-0.39, 0.29) is 6.10 Å². The monoisotopic (exact) mass is 333 g/mol. The average molecular weight is 334 g/mol. The third-order valence-corrected chi connectivity index (χ3v) is 3.62. The van der Waals surface area contributed by atoms with Crippen LogP contribution in [0.2, 0.25) is 0 Å². The molecule has 0 unspecified atom stereocenters. The van der Waals surface area contributed by atoms with Gasteiger partial charge in [-0.05, 0) is 60.5 Å². The second-order valence-corrected chi connectivity index (χ2v) is 5.97. The number of benzene rings is 2. The summed E-state index contributed by atoms with van der Waals surface area (Å²) in [6.45, 7) is 6.92. The summed E-state index contributed by atoms with van der Waals surface area (Å²) < 4.78 is 6.91. The number of rotatable bonds is 5. The number of anilines is 1. The highest BCUT2D eigenvalue weighted by Crippen LogP contribution is 2.26. The highest BCUT2D eigenvalue weighted by Gasteiger charge is 2.06. The zero-order valence-corrected chi connectivity index (χ0v) is 13.7. The summed E-state index contributed by atoms with van der Waals surface area (Å²) >= 11 is 3.57. The maximum Gasteiger partial charge on any atom is 0.124 e. The minimum atomic E-state index is 0.182. The molecule has 1 N–H and O–H groups in total. The predicted octanol–water partition coefficient (Wildman–Crippen LogP) is 5.16. The number of hydrogen-bond acceptors (Lipinski definition) is 2. The van der Waals surface area contributed by atoms with Crippen molar-refractivity contribution >= 4 is 21.6 Å². The Labute approximate surface area is 129 Å². The van der Waals surface area contributed by atoms with E-state index >= 15 is 0 Å². The maximum absolute atomic E-state index is 5.84. The maximum atomic E-state index is 5.84. The van der Waals surface area contributed by atoms with E-state index in [4.69, 9.17) is 4.74 Å². The lowest BCUT2D eigenvalue weighted by molar-refractivity contribution is 0.240. The minimum Gasteiger partial charge on any atom is -0.491 e. The second kappa shape index (κ2) is 6.80. The van der Waals surface area contributed by atoms with Crippen LogP contribution in [0.4, 0.5) is 5.69 Å². The third-order valence-electron chi connectivity index (χ3n) is 2.93. The van der Waals surface area contributed by atoms with E-state index in [2.05, 4.69) is 52.4 Å². The normalized spacial score (nSPS) is 10.7. The van der Waals surface area contributed by atoms with Crippen molar-refractivity contribution in [3.05, 3.63) is 58.1 Å². The van der Waals surface area contributed by atoms with Crippen LogP contribution < -0.4 is 10.1 Å². The van der Waals surface area contributed by atoms with Crippen molar-refractivity contribution in [1.82, 2.24) is 0 Å². The Morgan fingerprint density at radius 1 is 1.15 bits per heavy atom. The molecular weight excluding hydrogens is 314 g/mol. The zero-order chi connectivity index (χ0) is 14.5. The van der Waals surface area contributed by atoms with Gasteiger partial charge in [0.2, 0.25) is 0 Å². The van der Waals surface area contributed by atoms with Crippen molar-refractivity contribution in [2.75, 3.05) is 5.32 Å². The van der Waals surface area contributed by atoms with Crippen LogP contribution in [0.25, 0.3) is 0 Å². The Kier molecular flexibility index (Phi) is 5.07. The quantitative estimate of drug-likeness (QED) is 0.816. The van der Waals surface area contributed by atoms with Crippen LogP contribution >= 0.6 is 15.9 Å². The zero-order valence-electron chi connectivity index (χ0n) is 12.1. The molecule has 2 aromatic rings. The van der Waals surface area contributed by atoms with E-state index in [1.54, 1.807) is 0 Å². The van der Waals surface area contributed by atoms with Gasteiger partial charge < -0.3 is 10.1 Å². The molecule has 0 heterocycles. The first-order valence-corrected chi connectivity index (χ1v) is 7.60. The number of nitrogens with one attached hydrogen (secondary N) is 1. The van der Waals surface area contributed by atoms with Gasteiger partial charge in [-0.1, -0.05) is 24.3 Å². The van der Waals surface area contributed by atoms with Crippen LogP contribution in [0.1, 0.15) is 25.0 Å². The molecule has 2 aromatic carbocycles. The standard InChI is InChI=1S/C17H20BrNO/c1-12(2)20-17-7-5-4-6-14(17)11-19-16-10-13(3)8-9-15(16)18/h4-10,12,19H,11H2,1-3H3. The summed E-state index contributed by atoms with van der Waals surface area (Å²) in [6.07, 6.45) is 0.182. The Morgan fingerprint density at radius 3 is 2.65 bits per heavy atom. The van der Waals surface area contributed by atoms with E-state index < -0.39 is 0 Å². The summed E-state index contributed by atoms with van der Waals surface area (Å²) in [5.74, 6) is 0.943. The molecule has 0 atom stereocenters. The van der Waals surface area contributed by atoms with Gasteiger partial charge in [0.05, 0.1) is 6.10 Å². The van der Waals surface area contributed by atoms with Gasteiger partial charge in [-0.2, -0.15) is 0 Å². The molecule has 3 heteroatoms. The minimum absolute atomic E-state index is 0.182. The van der Waals surface area contributed by atoms with E-state index in [1.807, 2.05) is 32.0 Å². The first-order chi connectivity index (χ1) is 9.56. The Balaban J connectivity index is 2.12. The van der Waals surface area contributed by atoms with Crippen LogP contribution in [0, 0.1) is 6.92 Å². The molecule has 0 saturated carbocycles. The molecule has 0 aliphatic rings. The van der Waals surface area contributed by atoms with Crippen LogP contribution in [0.5, 0.6) is 5.75 Å². The van der Waals surface area contributed by atoms with Crippen molar-refractivity contribution in [3.63, 3.8) is 0 Å². The number of para-hydroxylation sites is 1. The average Bonchev–Trinajstić information content (AvgIpc) is 2.41. The van der Waals surface area contributed by atoms with Gasteiger partial charge in [-0.3, -0.25) is 0 Å². The molecule has 2 rings (SSSR count). The SMILES string of the molecule is Cc1ccc(Br)c(NCc2ccccc2OC(C)C)c1. The lowest BCUT2D eigenvalue weighted by Crippen LogP contribution is -2.09. The van der Waals surface area contributed by atoms with Crippen molar-refractivity contribution < 1.29 is 4.74 Å². The highest BCUT2D eigenvalue weighted by atomic mass is 79.9. The fraction of sp³-hybridized carbons (Fsp3) is 0.294. The largest absolute Gasteiger partial charge is 0.491 e. The molecule has 0 spiro atoms. The van der Waals surface area contributed by atoms with E-state index in [9.17, 15) is 0 Å². The number of ether oxygens (including phenoxy) is 1. The van der Waals surface area contributed by atoms with Crippen LogP contribution in [-0.4, -0.2) is 6.10 Å². The summed E-state index contributed by atoms with van der Waals surface area (Å²) in [6, 6.07) is 14.4. The van der Waals surface area contributed by atoms with E-state index in [1.165, 1.54) is 5.56 Å². The van der Waals surface area contributed by atoms with Crippen LogP contribution in [-0.2, 0) is 6.54 Å². The summed E-state index contributed by atoms with van der Waals surface area (Å²) in [5, 5.41) is 3.46. The Bertz CT molecular complexity index is 581. The molecule has 0 radical (unpaired) electrons. The molecule has 0 aliphatic carbocycles. The molecule has 0 bridgehead atoms. The van der Waals surface area contributed by atoms with Gasteiger partial charge >= 0.3 is 0 Å². The highest BCUT2D eigenvalue weighted by molar-refractivity contribution is 9.10. The van der Waals surface area contributed by atoms with Crippen molar-refractivity contribution in [1.29, 1.82) is 0 Å². The molecule has 0 amide bonds. The first-order valence-electron chi connectivity index (χ1n) is 6.81. The van der Waals surface area contributed by atoms with Crippen LogP contribution in [0.15, 0.2) is 46.9 Å². The van der Waals surface area contributed by atoms with Gasteiger partial charge in [-0.25, -0.2) is 0 Å². The van der Waals surface area contributed by atoms with Gasteiger partial charge in [0.15, 0.2) is 0 Å². The summed E-state index contributed by atoms with van der Waals surface area (Å²) in [4.78, 5) is 0. The van der Waals surface area contributed by atoms with Crippen molar-refractivity contribution in [2.24, 2.45) is 0 Å². The molecule has 0 aromatic heterocycles. The summed E-state index contributed by atoms with van der Waals surface area (Å²) in [5.41, 5.74) is 3.50. The third kappa shape index (κ3) is 4.01. The summed E-state index contributed by atoms with van der Waals surface area (Å²) in [7, 11) is 0. The number of halogens is 1. The lowest BCUT2D eigenvalue weighted by Gasteiger charge is -2.15. The van der Waals surface area contributed by atoms with E-state index in [0.29, 0.717) is 0 Å². The fourth-order valence-corrected chi connectivity index (χ4v) is 2.37. The predicted molar refractivity (Wildman–Crippen MR) is 88.4 cm³/mol. The Hall–Kier alpha value is -1.48.